The number of nitrogens with zero attached hydrogens (tertiary/aromatic N) is 1. The fraction of sp³-hybridized carbons (Fsp3) is 0.600. The molecule has 0 aliphatic carbocycles. The molecular weight excluding hydrogens is 256 g/mol. The quantitative estimate of drug-likeness (QED) is 0.884. The van der Waals surface area contributed by atoms with Crippen LogP contribution in [0.5, 0.6) is 11.5 Å². The van der Waals surface area contributed by atoms with Crippen LogP contribution in [-0.2, 0) is 11.2 Å². The summed E-state index contributed by atoms with van der Waals surface area (Å²) in [6, 6.07) is 4.16. The van der Waals surface area contributed by atoms with E-state index in [4.69, 9.17) is 19.9 Å². The molecule has 1 saturated heterocycles. The number of hydrogen-bond acceptors (Lipinski definition) is 5. The fourth-order valence-corrected chi connectivity index (χ4v) is 2.50. The Balaban J connectivity index is 2.35. The number of nitrogens with two attached hydrogens (primary N) is 1. The molecule has 0 amide bonds. The van der Waals surface area contributed by atoms with Crippen molar-refractivity contribution in [2.75, 3.05) is 45.4 Å². The van der Waals surface area contributed by atoms with Crippen LogP contribution < -0.4 is 20.1 Å². The summed E-state index contributed by atoms with van der Waals surface area (Å²) >= 11 is 0. The molecule has 0 bridgehead atoms. The Labute approximate surface area is 120 Å². The lowest BCUT2D eigenvalue weighted by molar-refractivity contribution is 0.122. The van der Waals surface area contributed by atoms with Gasteiger partial charge in [-0.25, -0.2) is 0 Å². The second kappa shape index (κ2) is 6.81. The molecule has 5 heteroatoms. The Hall–Kier alpha value is -1.46. The molecule has 0 saturated carbocycles. The summed E-state index contributed by atoms with van der Waals surface area (Å²) in [5, 5.41) is 0. The zero-order valence-corrected chi connectivity index (χ0v) is 12.5. The SMILES string of the molecule is COc1cc(N2CCOCC2)c(OC)cc1CC(C)N. The highest BCUT2D eigenvalue weighted by atomic mass is 16.5. The molecule has 1 aliphatic heterocycles. The van der Waals surface area contributed by atoms with Crippen LogP contribution in [0.4, 0.5) is 5.69 Å². The third-order valence-corrected chi connectivity index (χ3v) is 3.48. The molecule has 1 aromatic carbocycles. The van der Waals surface area contributed by atoms with Gasteiger partial charge >= 0.3 is 0 Å². The highest BCUT2D eigenvalue weighted by Gasteiger charge is 2.19. The standard InChI is InChI=1S/C15H24N2O3/c1-11(16)8-12-9-15(19-3)13(10-14(12)18-2)17-4-6-20-7-5-17/h9-11H,4-8,16H2,1-3H3. The molecule has 1 atom stereocenters. The lowest BCUT2D eigenvalue weighted by Crippen LogP contribution is -2.36. The van der Waals surface area contributed by atoms with E-state index in [1.54, 1.807) is 14.2 Å². The second-order valence-corrected chi connectivity index (χ2v) is 5.12. The third kappa shape index (κ3) is 3.35. The molecule has 0 aromatic heterocycles. The highest BCUT2D eigenvalue weighted by molar-refractivity contribution is 5.64. The average molecular weight is 280 g/mol. The van der Waals surface area contributed by atoms with Crippen LogP contribution >= 0.6 is 0 Å². The summed E-state index contributed by atoms with van der Waals surface area (Å²) in [6.07, 6.45) is 0.767. The van der Waals surface area contributed by atoms with E-state index >= 15 is 0 Å². The van der Waals surface area contributed by atoms with Crippen LogP contribution in [0.3, 0.4) is 0 Å². The fourth-order valence-electron chi connectivity index (χ4n) is 2.50. The lowest BCUT2D eigenvalue weighted by Gasteiger charge is -2.30. The molecule has 1 fully saturated rings. The number of anilines is 1. The van der Waals surface area contributed by atoms with Crippen molar-refractivity contribution in [2.24, 2.45) is 5.73 Å². The molecule has 1 heterocycles. The van der Waals surface area contributed by atoms with Gasteiger partial charge in [-0.3, -0.25) is 0 Å². The summed E-state index contributed by atoms with van der Waals surface area (Å²) in [5.41, 5.74) is 8.03. The Morgan fingerprint density at radius 1 is 1.20 bits per heavy atom. The molecule has 2 rings (SSSR count). The van der Waals surface area contributed by atoms with Crippen molar-refractivity contribution >= 4 is 5.69 Å². The van der Waals surface area contributed by atoms with Gasteiger partial charge in [0.25, 0.3) is 0 Å². The predicted molar refractivity (Wildman–Crippen MR) is 79.9 cm³/mol. The van der Waals surface area contributed by atoms with Crippen LogP contribution in [0.2, 0.25) is 0 Å². The largest absolute Gasteiger partial charge is 0.496 e. The maximum absolute atomic E-state index is 5.90. The van der Waals surface area contributed by atoms with Crippen molar-refractivity contribution in [3.8, 4) is 11.5 Å². The first-order valence-corrected chi connectivity index (χ1v) is 6.99. The van der Waals surface area contributed by atoms with Gasteiger partial charge in [0.05, 0.1) is 33.1 Å². The number of rotatable bonds is 5. The Morgan fingerprint density at radius 3 is 2.40 bits per heavy atom. The zero-order chi connectivity index (χ0) is 14.5. The first kappa shape index (κ1) is 14.9. The van der Waals surface area contributed by atoms with Crippen molar-refractivity contribution in [3.63, 3.8) is 0 Å². The Bertz CT molecular complexity index is 443. The zero-order valence-electron chi connectivity index (χ0n) is 12.5. The molecule has 112 valence electrons. The molecule has 1 unspecified atom stereocenters. The maximum atomic E-state index is 5.90. The number of benzene rings is 1. The van der Waals surface area contributed by atoms with Crippen LogP contribution in [0.25, 0.3) is 0 Å². The molecule has 1 aromatic rings. The molecule has 2 N–H and O–H groups in total. The smallest absolute Gasteiger partial charge is 0.142 e. The van der Waals surface area contributed by atoms with Crippen LogP contribution in [-0.4, -0.2) is 46.6 Å². The maximum Gasteiger partial charge on any atom is 0.142 e. The molecule has 0 spiro atoms. The van der Waals surface area contributed by atoms with E-state index in [-0.39, 0.29) is 6.04 Å². The Morgan fingerprint density at radius 2 is 1.85 bits per heavy atom. The van der Waals surface area contributed by atoms with Gasteiger partial charge in [0.2, 0.25) is 0 Å². The van der Waals surface area contributed by atoms with Crippen molar-refractivity contribution in [1.29, 1.82) is 0 Å². The number of ether oxygens (including phenoxy) is 3. The van der Waals surface area contributed by atoms with Gasteiger partial charge in [-0.15, -0.1) is 0 Å². The molecule has 20 heavy (non-hydrogen) atoms. The lowest BCUT2D eigenvalue weighted by atomic mass is 10.0. The van der Waals surface area contributed by atoms with Crippen molar-refractivity contribution in [1.82, 2.24) is 0 Å². The van der Waals surface area contributed by atoms with Gasteiger partial charge in [-0.1, -0.05) is 0 Å². The van der Waals surface area contributed by atoms with E-state index in [9.17, 15) is 0 Å². The summed E-state index contributed by atoms with van der Waals surface area (Å²) in [7, 11) is 3.39. The number of methoxy groups -OCH3 is 2. The van der Waals surface area contributed by atoms with Gasteiger partial charge < -0.3 is 24.8 Å². The van der Waals surface area contributed by atoms with Crippen LogP contribution in [0.1, 0.15) is 12.5 Å². The van der Waals surface area contributed by atoms with E-state index in [2.05, 4.69) is 4.90 Å². The normalized spacial score (nSPS) is 16.9. The number of hydrogen-bond donors (Lipinski definition) is 1. The first-order chi connectivity index (χ1) is 9.65. The molecule has 5 nitrogen and oxygen atoms in total. The van der Waals surface area contributed by atoms with Crippen molar-refractivity contribution in [3.05, 3.63) is 17.7 Å². The number of morpholine rings is 1. The van der Waals surface area contributed by atoms with Gasteiger partial charge in [0.1, 0.15) is 11.5 Å². The minimum absolute atomic E-state index is 0.0860. The van der Waals surface area contributed by atoms with E-state index in [1.807, 2.05) is 19.1 Å². The van der Waals surface area contributed by atoms with E-state index in [1.165, 1.54) is 0 Å². The van der Waals surface area contributed by atoms with Crippen molar-refractivity contribution < 1.29 is 14.2 Å². The summed E-state index contributed by atoms with van der Waals surface area (Å²) < 4.78 is 16.4. The van der Waals surface area contributed by atoms with Crippen LogP contribution in [0.15, 0.2) is 12.1 Å². The van der Waals surface area contributed by atoms with E-state index < -0.39 is 0 Å². The predicted octanol–water partition coefficient (Wildman–Crippen LogP) is 1.43. The summed E-state index contributed by atoms with van der Waals surface area (Å²) in [6.45, 7) is 5.21. The van der Waals surface area contributed by atoms with E-state index in [0.29, 0.717) is 0 Å². The van der Waals surface area contributed by atoms with Gasteiger partial charge in [-0.2, -0.15) is 0 Å². The summed E-state index contributed by atoms with van der Waals surface area (Å²) in [4.78, 5) is 2.26. The van der Waals surface area contributed by atoms with Crippen molar-refractivity contribution in [2.45, 2.75) is 19.4 Å². The molecule has 1 aliphatic rings. The average Bonchev–Trinajstić information content (AvgIpc) is 2.47. The Kier molecular flexibility index (Phi) is 5.09. The van der Waals surface area contributed by atoms with Gasteiger partial charge in [0.15, 0.2) is 0 Å². The third-order valence-electron chi connectivity index (χ3n) is 3.48. The van der Waals surface area contributed by atoms with Gasteiger partial charge in [-0.05, 0) is 25.0 Å². The van der Waals surface area contributed by atoms with Gasteiger partial charge in [0, 0.05) is 25.2 Å². The minimum atomic E-state index is 0.0860. The molecular formula is C15H24N2O3. The molecule has 0 radical (unpaired) electrons. The van der Waals surface area contributed by atoms with E-state index in [0.717, 1.165) is 55.5 Å². The minimum Gasteiger partial charge on any atom is -0.496 e. The summed E-state index contributed by atoms with van der Waals surface area (Å²) in [5.74, 6) is 1.73. The second-order valence-electron chi connectivity index (χ2n) is 5.12. The van der Waals surface area contributed by atoms with Crippen LogP contribution in [0, 0.1) is 0 Å². The highest BCUT2D eigenvalue weighted by Crippen LogP contribution is 2.36. The monoisotopic (exact) mass is 280 g/mol. The first-order valence-electron chi connectivity index (χ1n) is 6.99. The topological polar surface area (TPSA) is 57.0 Å².